The van der Waals surface area contributed by atoms with Crippen molar-refractivity contribution in [3.8, 4) is 0 Å². The van der Waals surface area contributed by atoms with E-state index < -0.39 is 5.54 Å². The minimum absolute atomic E-state index is 0.0214. The quantitative estimate of drug-likeness (QED) is 0.759. The van der Waals surface area contributed by atoms with Crippen LogP contribution in [-0.2, 0) is 11.2 Å². The van der Waals surface area contributed by atoms with Crippen LogP contribution < -0.4 is 10.6 Å². The van der Waals surface area contributed by atoms with Crippen molar-refractivity contribution in [2.75, 3.05) is 11.9 Å². The van der Waals surface area contributed by atoms with Crippen LogP contribution in [0.15, 0.2) is 18.2 Å². The fourth-order valence-electron chi connectivity index (χ4n) is 2.08. The fraction of sp³-hybridized carbons (Fsp3) is 0.429. The molecule has 1 heterocycles. The van der Waals surface area contributed by atoms with Crippen LogP contribution in [0.4, 0.5) is 5.69 Å². The molecule has 5 heteroatoms. The Morgan fingerprint density at radius 2 is 2.21 bits per heavy atom. The van der Waals surface area contributed by atoms with Gasteiger partial charge in [-0.15, -0.1) is 0 Å². The molecule has 19 heavy (non-hydrogen) atoms. The summed E-state index contributed by atoms with van der Waals surface area (Å²) < 4.78 is 0. The molecule has 2 rings (SSSR count). The third kappa shape index (κ3) is 3.12. The van der Waals surface area contributed by atoms with Gasteiger partial charge in [0.05, 0.1) is 6.42 Å². The number of aliphatic hydroxyl groups is 1. The summed E-state index contributed by atoms with van der Waals surface area (Å²) in [7, 11) is 0. The van der Waals surface area contributed by atoms with Crippen molar-refractivity contribution in [1.29, 1.82) is 0 Å². The summed E-state index contributed by atoms with van der Waals surface area (Å²) in [5.74, 6) is -0.254. The Hall–Kier alpha value is -1.88. The Balaban J connectivity index is 2.13. The number of carbonyl (C=O) groups is 2. The second-order valence-electron chi connectivity index (χ2n) is 5.41. The summed E-state index contributed by atoms with van der Waals surface area (Å²) in [5, 5.41) is 14.5. The predicted octanol–water partition coefficient (Wildman–Crippen LogP) is 1.07. The van der Waals surface area contributed by atoms with Gasteiger partial charge in [-0.3, -0.25) is 9.59 Å². The Labute approximate surface area is 112 Å². The number of hydrogen-bond donors (Lipinski definition) is 3. The predicted molar refractivity (Wildman–Crippen MR) is 72.0 cm³/mol. The van der Waals surface area contributed by atoms with E-state index in [1.807, 2.05) is 13.8 Å². The second-order valence-corrected chi connectivity index (χ2v) is 5.41. The first-order valence-corrected chi connectivity index (χ1v) is 6.27. The van der Waals surface area contributed by atoms with Crippen molar-refractivity contribution in [3.05, 3.63) is 29.3 Å². The van der Waals surface area contributed by atoms with Crippen LogP contribution in [0.5, 0.6) is 0 Å². The van der Waals surface area contributed by atoms with Gasteiger partial charge >= 0.3 is 0 Å². The molecular formula is C14H18N2O3. The average Bonchev–Trinajstić information content (AvgIpc) is 2.66. The smallest absolute Gasteiger partial charge is 0.251 e. The summed E-state index contributed by atoms with van der Waals surface area (Å²) in [6.45, 7) is 3.74. The van der Waals surface area contributed by atoms with E-state index in [9.17, 15) is 9.59 Å². The molecule has 0 radical (unpaired) electrons. The lowest BCUT2D eigenvalue weighted by Crippen LogP contribution is -2.44. The molecule has 0 aromatic heterocycles. The van der Waals surface area contributed by atoms with Crippen molar-refractivity contribution in [2.45, 2.75) is 32.2 Å². The molecule has 2 amide bonds. The number of benzene rings is 1. The molecule has 3 N–H and O–H groups in total. The molecule has 1 aromatic carbocycles. The molecule has 0 aliphatic carbocycles. The van der Waals surface area contributed by atoms with Crippen molar-refractivity contribution in [2.24, 2.45) is 0 Å². The lowest BCUT2D eigenvalue weighted by atomic mass is 10.00. The van der Waals surface area contributed by atoms with Crippen molar-refractivity contribution in [1.82, 2.24) is 5.32 Å². The number of rotatable bonds is 4. The zero-order valence-corrected chi connectivity index (χ0v) is 11.1. The highest BCUT2D eigenvalue weighted by Crippen LogP contribution is 2.24. The van der Waals surface area contributed by atoms with E-state index in [1.54, 1.807) is 18.2 Å². The minimum Gasteiger partial charge on any atom is -0.396 e. The highest BCUT2D eigenvalue weighted by molar-refractivity contribution is 6.02. The highest BCUT2D eigenvalue weighted by atomic mass is 16.3. The third-order valence-corrected chi connectivity index (χ3v) is 3.19. The molecule has 0 bridgehead atoms. The number of carbonyl (C=O) groups excluding carboxylic acids is 2. The summed E-state index contributed by atoms with van der Waals surface area (Å²) >= 11 is 0. The molecule has 1 aromatic rings. The molecule has 1 aliphatic rings. The first-order valence-electron chi connectivity index (χ1n) is 6.27. The standard InChI is InChI=1S/C14H18N2O3/c1-14(2,5-6-17)16-13(19)10-4-3-9-8-12(18)15-11(9)7-10/h3-4,7,17H,5-6,8H2,1-2H3,(H,15,18)(H,16,19). The van der Waals surface area contributed by atoms with Gasteiger partial charge in [-0.2, -0.15) is 0 Å². The van der Waals surface area contributed by atoms with E-state index in [2.05, 4.69) is 10.6 Å². The van der Waals surface area contributed by atoms with Crippen LogP contribution in [-0.4, -0.2) is 29.1 Å². The average molecular weight is 262 g/mol. The molecular weight excluding hydrogens is 244 g/mol. The van der Waals surface area contributed by atoms with Gasteiger partial charge < -0.3 is 15.7 Å². The second kappa shape index (κ2) is 5.01. The first-order chi connectivity index (χ1) is 8.91. The fourth-order valence-corrected chi connectivity index (χ4v) is 2.08. The number of hydrogen-bond acceptors (Lipinski definition) is 3. The first kappa shape index (κ1) is 13.5. The number of anilines is 1. The van der Waals surface area contributed by atoms with Gasteiger partial charge in [-0.1, -0.05) is 6.07 Å². The summed E-state index contributed by atoms with van der Waals surface area (Å²) in [4.78, 5) is 23.4. The van der Waals surface area contributed by atoms with Crippen molar-refractivity contribution >= 4 is 17.5 Å². The Kier molecular flexibility index (Phi) is 3.57. The maximum atomic E-state index is 12.1. The van der Waals surface area contributed by atoms with E-state index in [-0.39, 0.29) is 18.4 Å². The molecule has 0 atom stereocenters. The zero-order valence-electron chi connectivity index (χ0n) is 11.1. The zero-order chi connectivity index (χ0) is 14.0. The normalized spacial score (nSPS) is 13.9. The molecule has 5 nitrogen and oxygen atoms in total. The monoisotopic (exact) mass is 262 g/mol. The van der Waals surface area contributed by atoms with Crippen molar-refractivity contribution < 1.29 is 14.7 Å². The van der Waals surface area contributed by atoms with Gasteiger partial charge in [0.2, 0.25) is 5.91 Å². The molecule has 0 fully saturated rings. The molecule has 0 spiro atoms. The minimum atomic E-state index is -0.464. The number of nitrogens with one attached hydrogen (secondary N) is 2. The maximum absolute atomic E-state index is 12.1. The van der Waals surface area contributed by atoms with Crippen LogP contribution in [0.25, 0.3) is 0 Å². The van der Waals surface area contributed by atoms with E-state index in [0.29, 0.717) is 24.1 Å². The van der Waals surface area contributed by atoms with Gasteiger partial charge in [0.1, 0.15) is 0 Å². The lowest BCUT2D eigenvalue weighted by molar-refractivity contribution is -0.115. The van der Waals surface area contributed by atoms with E-state index in [1.165, 1.54) is 0 Å². The van der Waals surface area contributed by atoms with Gasteiger partial charge in [0, 0.05) is 23.4 Å². The van der Waals surface area contributed by atoms with E-state index >= 15 is 0 Å². The van der Waals surface area contributed by atoms with Crippen LogP contribution in [0.1, 0.15) is 36.2 Å². The van der Waals surface area contributed by atoms with Gasteiger partial charge in [-0.25, -0.2) is 0 Å². The van der Waals surface area contributed by atoms with Gasteiger partial charge in [0.15, 0.2) is 0 Å². The highest BCUT2D eigenvalue weighted by Gasteiger charge is 2.23. The van der Waals surface area contributed by atoms with E-state index in [0.717, 1.165) is 5.56 Å². The van der Waals surface area contributed by atoms with E-state index in [4.69, 9.17) is 5.11 Å². The van der Waals surface area contributed by atoms with Crippen molar-refractivity contribution in [3.63, 3.8) is 0 Å². The summed E-state index contributed by atoms with van der Waals surface area (Å²) in [6.07, 6.45) is 0.855. The summed E-state index contributed by atoms with van der Waals surface area (Å²) in [6, 6.07) is 5.19. The SMILES string of the molecule is CC(C)(CCO)NC(=O)c1ccc2c(c1)NC(=O)C2. The molecule has 102 valence electrons. The van der Waals surface area contributed by atoms with Crippen LogP contribution in [0.2, 0.25) is 0 Å². The van der Waals surface area contributed by atoms with Crippen LogP contribution in [0.3, 0.4) is 0 Å². The van der Waals surface area contributed by atoms with Gasteiger partial charge in [-0.05, 0) is 38.0 Å². The summed E-state index contributed by atoms with van der Waals surface area (Å²) in [5.41, 5.74) is 1.66. The molecule has 1 aliphatic heterocycles. The Morgan fingerprint density at radius 1 is 1.47 bits per heavy atom. The Bertz CT molecular complexity index is 523. The van der Waals surface area contributed by atoms with Crippen LogP contribution in [0, 0.1) is 0 Å². The third-order valence-electron chi connectivity index (χ3n) is 3.19. The molecule has 0 unspecified atom stereocenters. The molecule has 0 saturated carbocycles. The van der Waals surface area contributed by atoms with Gasteiger partial charge in [0.25, 0.3) is 5.91 Å². The topological polar surface area (TPSA) is 78.4 Å². The Morgan fingerprint density at radius 3 is 2.89 bits per heavy atom. The largest absolute Gasteiger partial charge is 0.396 e. The maximum Gasteiger partial charge on any atom is 0.251 e. The lowest BCUT2D eigenvalue weighted by Gasteiger charge is -2.25. The number of fused-ring (bicyclic) bond motifs is 1. The molecule has 0 saturated heterocycles. The van der Waals surface area contributed by atoms with Crippen LogP contribution >= 0.6 is 0 Å². The number of amides is 2. The number of aliphatic hydroxyl groups excluding tert-OH is 1.